The second-order valence-electron chi connectivity index (χ2n) is 5.16. The standard InChI is InChI=1S/C16H24O4/c1-2-3-4-5-6-12-7-9-13(10-8-12)16(20)14(17)11-15(18)19/h7-10,14,16-17,20H,2-6,11H2,1H3,(H,18,19). The SMILES string of the molecule is CCCCCCc1ccc(C(O)C(O)CC(=O)O)cc1. The zero-order valence-corrected chi connectivity index (χ0v) is 12.0. The monoisotopic (exact) mass is 280 g/mol. The summed E-state index contributed by atoms with van der Waals surface area (Å²) in [6, 6.07) is 7.37. The maximum absolute atomic E-state index is 10.5. The number of aryl methyl sites for hydroxylation is 1. The summed E-state index contributed by atoms with van der Waals surface area (Å²) < 4.78 is 0. The van der Waals surface area contributed by atoms with Gasteiger partial charge in [0.2, 0.25) is 0 Å². The first-order chi connectivity index (χ1) is 9.54. The third-order valence-electron chi connectivity index (χ3n) is 3.39. The van der Waals surface area contributed by atoms with E-state index in [1.54, 1.807) is 12.1 Å². The molecule has 0 aliphatic rings. The van der Waals surface area contributed by atoms with E-state index in [4.69, 9.17) is 5.11 Å². The minimum atomic E-state index is -1.28. The van der Waals surface area contributed by atoms with E-state index in [-0.39, 0.29) is 0 Å². The Kier molecular flexibility index (Phi) is 7.26. The molecule has 2 atom stereocenters. The number of aliphatic carboxylic acids is 1. The van der Waals surface area contributed by atoms with E-state index in [0.29, 0.717) is 5.56 Å². The summed E-state index contributed by atoms with van der Waals surface area (Å²) in [5, 5.41) is 28.0. The lowest BCUT2D eigenvalue weighted by atomic mass is 9.99. The van der Waals surface area contributed by atoms with Crippen LogP contribution in [0.5, 0.6) is 0 Å². The van der Waals surface area contributed by atoms with Gasteiger partial charge in [-0.25, -0.2) is 0 Å². The van der Waals surface area contributed by atoms with Crippen LogP contribution in [0.25, 0.3) is 0 Å². The van der Waals surface area contributed by atoms with E-state index in [0.717, 1.165) is 12.8 Å². The first-order valence-corrected chi connectivity index (χ1v) is 7.21. The van der Waals surface area contributed by atoms with Crippen molar-refractivity contribution in [2.45, 2.75) is 57.7 Å². The Bertz CT molecular complexity index is 399. The lowest BCUT2D eigenvalue weighted by molar-refractivity contribution is -0.141. The van der Waals surface area contributed by atoms with Gasteiger partial charge >= 0.3 is 5.97 Å². The zero-order chi connectivity index (χ0) is 15.0. The van der Waals surface area contributed by atoms with Crippen LogP contribution in [0, 0.1) is 0 Å². The lowest BCUT2D eigenvalue weighted by Gasteiger charge is -2.16. The molecule has 112 valence electrons. The molecule has 0 heterocycles. The highest BCUT2D eigenvalue weighted by Crippen LogP contribution is 2.20. The Morgan fingerprint density at radius 1 is 1.10 bits per heavy atom. The van der Waals surface area contributed by atoms with Gasteiger partial charge in [0.15, 0.2) is 0 Å². The van der Waals surface area contributed by atoms with E-state index < -0.39 is 24.6 Å². The molecule has 0 spiro atoms. The third kappa shape index (κ3) is 5.72. The van der Waals surface area contributed by atoms with Gasteiger partial charge in [-0.05, 0) is 24.0 Å². The molecule has 0 aliphatic heterocycles. The van der Waals surface area contributed by atoms with Crippen molar-refractivity contribution in [3.63, 3.8) is 0 Å². The fourth-order valence-corrected chi connectivity index (χ4v) is 2.15. The highest BCUT2D eigenvalue weighted by atomic mass is 16.4. The van der Waals surface area contributed by atoms with Crippen molar-refractivity contribution in [3.05, 3.63) is 35.4 Å². The molecule has 0 bridgehead atoms. The average molecular weight is 280 g/mol. The minimum Gasteiger partial charge on any atom is -0.481 e. The summed E-state index contributed by atoms with van der Waals surface area (Å²) in [5.41, 5.74) is 1.75. The Morgan fingerprint density at radius 2 is 1.75 bits per heavy atom. The molecule has 0 fully saturated rings. The van der Waals surface area contributed by atoms with Gasteiger partial charge in [0.1, 0.15) is 6.10 Å². The van der Waals surface area contributed by atoms with Crippen molar-refractivity contribution in [2.24, 2.45) is 0 Å². The molecule has 1 aromatic rings. The third-order valence-corrected chi connectivity index (χ3v) is 3.39. The summed E-state index contributed by atoms with van der Waals surface area (Å²) in [6.07, 6.45) is 2.96. The number of aliphatic hydroxyl groups excluding tert-OH is 2. The van der Waals surface area contributed by atoms with E-state index >= 15 is 0 Å². The van der Waals surface area contributed by atoms with Gasteiger partial charge in [0.25, 0.3) is 0 Å². The largest absolute Gasteiger partial charge is 0.481 e. The lowest BCUT2D eigenvalue weighted by Crippen LogP contribution is -2.21. The van der Waals surface area contributed by atoms with Crippen LogP contribution in [0.4, 0.5) is 0 Å². The normalized spacial score (nSPS) is 13.9. The second-order valence-corrected chi connectivity index (χ2v) is 5.16. The van der Waals surface area contributed by atoms with Crippen LogP contribution >= 0.6 is 0 Å². The molecular weight excluding hydrogens is 256 g/mol. The molecule has 4 nitrogen and oxygen atoms in total. The van der Waals surface area contributed by atoms with Crippen LogP contribution in [0.2, 0.25) is 0 Å². The molecule has 0 aliphatic carbocycles. The Labute approximate surface area is 120 Å². The van der Waals surface area contributed by atoms with Gasteiger partial charge in [-0.15, -0.1) is 0 Å². The minimum absolute atomic E-state index is 0.458. The molecule has 4 heteroatoms. The highest BCUT2D eigenvalue weighted by molar-refractivity contribution is 5.67. The first-order valence-electron chi connectivity index (χ1n) is 7.21. The topological polar surface area (TPSA) is 77.8 Å². The molecule has 0 saturated carbocycles. The predicted molar refractivity (Wildman–Crippen MR) is 77.5 cm³/mol. The van der Waals surface area contributed by atoms with Crippen LogP contribution in [0.15, 0.2) is 24.3 Å². The van der Waals surface area contributed by atoms with Crippen molar-refractivity contribution in [3.8, 4) is 0 Å². The van der Waals surface area contributed by atoms with Crippen LogP contribution in [-0.2, 0) is 11.2 Å². The van der Waals surface area contributed by atoms with Crippen molar-refractivity contribution in [2.75, 3.05) is 0 Å². The number of carboxylic acids is 1. The predicted octanol–water partition coefficient (Wildman–Crippen LogP) is 2.68. The van der Waals surface area contributed by atoms with Crippen molar-refractivity contribution in [1.82, 2.24) is 0 Å². The van der Waals surface area contributed by atoms with Crippen molar-refractivity contribution < 1.29 is 20.1 Å². The van der Waals surface area contributed by atoms with Gasteiger partial charge in [-0.1, -0.05) is 50.5 Å². The molecule has 0 radical (unpaired) electrons. The summed E-state index contributed by atoms with van der Waals surface area (Å²) in [7, 11) is 0. The molecule has 20 heavy (non-hydrogen) atoms. The van der Waals surface area contributed by atoms with Crippen LogP contribution in [0.1, 0.15) is 56.3 Å². The molecule has 0 saturated heterocycles. The Morgan fingerprint density at radius 3 is 2.30 bits per heavy atom. The maximum atomic E-state index is 10.5. The number of hydrogen-bond acceptors (Lipinski definition) is 3. The fraction of sp³-hybridized carbons (Fsp3) is 0.562. The van der Waals surface area contributed by atoms with Gasteiger partial charge < -0.3 is 15.3 Å². The molecule has 2 unspecified atom stereocenters. The molecule has 0 aromatic heterocycles. The number of aliphatic hydroxyl groups is 2. The number of carboxylic acid groups (broad SMARTS) is 1. The summed E-state index contributed by atoms with van der Waals surface area (Å²) in [6.45, 7) is 2.18. The summed E-state index contributed by atoms with van der Waals surface area (Å²) in [4.78, 5) is 10.5. The summed E-state index contributed by atoms with van der Waals surface area (Å²) in [5.74, 6) is -1.12. The number of benzene rings is 1. The quantitative estimate of drug-likeness (QED) is 0.608. The van der Waals surface area contributed by atoms with Crippen molar-refractivity contribution >= 4 is 5.97 Å². The van der Waals surface area contributed by atoms with Crippen LogP contribution < -0.4 is 0 Å². The van der Waals surface area contributed by atoms with E-state index in [9.17, 15) is 15.0 Å². The van der Waals surface area contributed by atoms with Gasteiger partial charge in [0, 0.05) is 0 Å². The number of rotatable bonds is 9. The molecular formula is C16H24O4. The first kappa shape index (κ1) is 16.7. The number of carbonyl (C=O) groups is 1. The van der Waals surface area contributed by atoms with E-state index in [1.165, 1.54) is 24.8 Å². The van der Waals surface area contributed by atoms with Crippen LogP contribution in [0.3, 0.4) is 0 Å². The number of hydrogen-bond donors (Lipinski definition) is 3. The molecule has 1 aromatic carbocycles. The van der Waals surface area contributed by atoms with E-state index in [2.05, 4.69) is 6.92 Å². The van der Waals surface area contributed by atoms with E-state index in [1.807, 2.05) is 12.1 Å². The molecule has 3 N–H and O–H groups in total. The van der Waals surface area contributed by atoms with Gasteiger partial charge in [-0.3, -0.25) is 4.79 Å². The molecule has 0 amide bonds. The molecule has 1 rings (SSSR count). The highest BCUT2D eigenvalue weighted by Gasteiger charge is 2.20. The second kappa shape index (κ2) is 8.72. The maximum Gasteiger partial charge on any atom is 0.306 e. The Hall–Kier alpha value is -1.39. The van der Waals surface area contributed by atoms with Crippen LogP contribution in [-0.4, -0.2) is 27.4 Å². The van der Waals surface area contributed by atoms with Crippen molar-refractivity contribution in [1.29, 1.82) is 0 Å². The Balaban J connectivity index is 2.50. The smallest absolute Gasteiger partial charge is 0.306 e. The average Bonchev–Trinajstić information content (AvgIpc) is 2.43. The number of unbranched alkanes of at least 4 members (excludes halogenated alkanes) is 3. The zero-order valence-electron chi connectivity index (χ0n) is 12.0. The fourth-order valence-electron chi connectivity index (χ4n) is 2.15. The summed E-state index contributed by atoms with van der Waals surface area (Å²) >= 11 is 0. The van der Waals surface area contributed by atoms with Gasteiger partial charge in [0.05, 0.1) is 12.5 Å². The van der Waals surface area contributed by atoms with Gasteiger partial charge in [-0.2, -0.15) is 0 Å².